The first-order chi connectivity index (χ1) is 15.7. The van der Waals surface area contributed by atoms with E-state index in [1.807, 2.05) is 66.0 Å². The Hall–Kier alpha value is -3.97. The monoisotopic (exact) mass is 444 g/mol. The first-order valence-corrected chi connectivity index (χ1v) is 10.8. The number of para-hydroxylation sites is 1. The molecule has 0 atom stereocenters. The molecule has 0 fully saturated rings. The van der Waals surface area contributed by atoms with Gasteiger partial charge in [0.1, 0.15) is 17.9 Å². The van der Waals surface area contributed by atoms with Crippen molar-refractivity contribution in [1.29, 1.82) is 0 Å². The molecule has 0 radical (unpaired) electrons. The second-order valence-electron chi connectivity index (χ2n) is 6.80. The van der Waals surface area contributed by atoms with Gasteiger partial charge in [-0.1, -0.05) is 72.8 Å². The summed E-state index contributed by atoms with van der Waals surface area (Å²) < 4.78 is 11.0. The number of nitrogens with one attached hydrogen (secondary N) is 1. The molecule has 3 aromatic carbocycles. The third kappa shape index (κ3) is 5.59. The average molecular weight is 445 g/mol. The van der Waals surface area contributed by atoms with Gasteiger partial charge in [-0.2, -0.15) is 0 Å². The van der Waals surface area contributed by atoms with E-state index in [2.05, 4.69) is 10.3 Å². The first-order valence-electron chi connectivity index (χ1n) is 9.93. The fraction of sp³-hybridized carbons (Fsp3) is 0.0800. The molecule has 1 amide bonds. The molecule has 0 saturated carbocycles. The van der Waals surface area contributed by atoms with Crippen LogP contribution in [0.15, 0.2) is 90.3 Å². The second-order valence-corrected chi connectivity index (χ2v) is 7.66. The van der Waals surface area contributed by atoms with E-state index in [0.717, 1.165) is 16.8 Å². The van der Waals surface area contributed by atoms with Crippen LogP contribution < -0.4 is 10.1 Å². The molecule has 1 aromatic heterocycles. The zero-order valence-electron chi connectivity index (χ0n) is 17.1. The smallest absolute Gasteiger partial charge is 0.342 e. The molecule has 0 aliphatic rings. The lowest BCUT2D eigenvalue weighted by Crippen LogP contribution is -2.21. The number of anilines is 1. The predicted octanol–water partition coefficient (Wildman–Crippen LogP) is 5.18. The molecule has 0 bridgehead atoms. The highest BCUT2D eigenvalue weighted by atomic mass is 32.1. The minimum atomic E-state index is -0.632. The van der Waals surface area contributed by atoms with Crippen LogP contribution in [-0.4, -0.2) is 23.5 Å². The van der Waals surface area contributed by atoms with Crippen molar-refractivity contribution < 1.29 is 19.1 Å². The van der Waals surface area contributed by atoms with Gasteiger partial charge in [-0.05, 0) is 17.7 Å². The van der Waals surface area contributed by atoms with E-state index in [4.69, 9.17) is 9.47 Å². The van der Waals surface area contributed by atoms with Crippen molar-refractivity contribution in [3.8, 4) is 17.0 Å². The van der Waals surface area contributed by atoms with Gasteiger partial charge in [-0.25, -0.2) is 9.78 Å². The zero-order chi connectivity index (χ0) is 22.2. The van der Waals surface area contributed by atoms with Crippen LogP contribution >= 0.6 is 11.3 Å². The summed E-state index contributed by atoms with van der Waals surface area (Å²) in [6.45, 7) is -0.106. The predicted molar refractivity (Wildman–Crippen MR) is 124 cm³/mol. The average Bonchev–Trinajstić information content (AvgIpc) is 3.31. The molecule has 4 rings (SSSR count). The second kappa shape index (κ2) is 10.4. The zero-order valence-corrected chi connectivity index (χ0v) is 17.9. The van der Waals surface area contributed by atoms with Crippen molar-refractivity contribution >= 4 is 28.3 Å². The molecule has 1 N–H and O–H groups in total. The van der Waals surface area contributed by atoms with Crippen LogP contribution in [0.5, 0.6) is 5.75 Å². The van der Waals surface area contributed by atoms with Crippen molar-refractivity contribution in [2.24, 2.45) is 0 Å². The Kier molecular flexibility index (Phi) is 6.89. The molecule has 6 nitrogen and oxygen atoms in total. The molecule has 32 heavy (non-hydrogen) atoms. The number of aromatic nitrogens is 1. The van der Waals surface area contributed by atoms with Gasteiger partial charge in [-0.3, -0.25) is 10.1 Å². The number of carbonyl (C=O) groups excluding carboxylic acids is 2. The van der Waals surface area contributed by atoms with Gasteiger partial charge in [0.15, 0.2) is 11.7 Å². The summed E-state index contributed by atoms with van der Waals surface area (Å²) in [5.41, 5.74) is 2.97. The van der Waals surface area contributed by atoms with Crippen LogP contribution in [-0.2, 0) is 16.1 Å². The molecule has 1 heterocycles. The fourth-order valence-corrected chi connectivity index (χ4v) is 3.67. The highest BCUT2D eigenvalue weighted by Crippen LogP contribution is 2.24. The summed E-state index contributed by atoms with van der Waals surface area (Å²) in [5.74, 6) is -0.697. The Labute approximate surface area is 189 Å². The van der Waals surface area contributed by atoms with E-state index in [1.165, 1.54) is 11.3 Å². The standard InChI is InChI=1S/C25H20N2O4S/c28-23(27-25-26-21(17-32-25)19-11-5-2-6-12-19)16-31-24(29)20-13-7-8-14-22(20)30-15-18-9-3-1-4-10-18/h1-14,17H,15-16H2,(H,26,27,28). The van der Waals surface area contributed by atoms with Crippen LogP contribution in [0, 0.1) is 0 Å². The number of hydrogen-bond acceptors (Lipinski definition) is 6. The van der Waals surface area contributed by atoms with Crippen molar-refractivity contribution in [2.45, 2.75) is 6.61 Å². The summed E-state index contributed by atoms with van der Waals surface area (Å²) in [6.07, 6.45) is 0. The molecule has 7 heteroatoms. The summed E-state index contributed by atoms with van der Waals surface area (Å²) >= 11 is 1.31. The number of ether oxygens (including phenoxy) is 2. The van der Waals surface area contributed by atoms with Crippen LogP contribution in [0.25, 0.3) is 11.3 Å². The molecule has 160 valence electrons. The maximum absolute atomic E-state index is 12.5. The molecular weight excluding hydrogens is 424 g/mol. The molecule has 0 saturated heterocycles. The third-order valence-electron chi connectivity index (χ3n) is 4.50. The Morgan fingerprint density at radius 2 is 1.56 bits per heavy atom. The number of nitrogens with zero attached hydrogens (tertiary/aromatic N) is 1. The highest BCUT2D eigenvalue weighted by Gasteiger charge is 2.16. The van der Waals surface area contributed by atoms with Gasteiger partial charge in [0.05, 0.1) is 5.69 Å². The van der Waals surface area contributed by atoms with Gasteiger partial charge in [0, 0.05) is 10.9 Å². The summed E-state index contributed by atoms with van der Waals surface area (Å²) in [6, 6.07) is 26.1. The number of carbonyl (C=O) groups is 2. The van der Waals surface area contributed by atoms with Crippen LogP contribution in [0.2, 0.25) is 0 Å². The number of amides is 1. The normalized spacial score (nSPS) is 10.4. The minimum Gasteiger partial charge on any atom is -0.488 e. The van der Waals surface area contributed by atoms with Crippen LogP contribution in [0.3, 0.4) is 0 Å². The Bertz CT molecular complexity index is 1190. The maximum Gasteiger partial charge on any atom is 0.342 e. The number of rotatable bonds is 8. The number of benzene rings is 3. The van der Waals surface area contributed by atoms with Gasteiger partial charge in [0.25, 0.3) is 5.91 Å². The first kappa shape index (κ1) is 21.3. The number of hydrogen-bond donors (Lipinski definition) is 1. The molecular formula is C25H20N2O4S. The molecule has 0 aliphatic heterocycles. The van der Waals surface area contributed by atoms with E-state index in [0.29, 0.717) is 17.5 Å². The maximum atomic E-state index is 12.5. The minimum absolute atomic E-state index is 0.261. The fourth-order valence-electron chi connectivity index (χ4n) is 2.93. The quantitative estimate of drug-likeness (QED) is 0.379. The van der Waals surface area contributed by atoms with E-state index in [1.54, 1.807) is 24.3 Å². The molecule has 0 unspecified atom stereocenters. The summed E-state index contributed by atoms with van der Waals surface area (Å²) in [5, 5.41) is 4.96. The van der Waals surface area contributed by atoms with Crippen molar-refractivity contribution in [1.82, 2.24) is 4.98 Å². The topological polar surface area (TPSA) is 77.5 Å². The van der Waals surface area contributed by atoms with Crippen molar-refractivity contribution in [2.75, 3.05) is 11.9 Å². The number of esters is 1. The van der Waals surface area contributed by atoms with E-state index in [-0.39, 0.29) is 5.56 Å². The lowest BCUT2D eigenvalue weighted by molar-refractivity contribution is -0.119. The SMILES string of the molecule is O=C(COC(=O)c1ccccc1OCc1ccccc1)Nc1nc(-c2ccccc2)cs1. The van der Waals surface area contributed by atoms with E-state index in [9.17, 15) is 9.59 Å². The number of thiazole rings is 1. The Morgan fingerprint density at radius 1 is 0.875 bits per heavy atom. The Morgan fingerprint density at radius 3 is 2.34 bits per heavy atom. The van der Waals surface area contributed by atoms with Gasteiger partial charge in [-0.15, -0.1) is 11.3 Å². The van der Waals surface area contributed by atoms with Crippen molar-refractivity contribution in [3.63, 3.8) is 0 Å². The molecule has 0 spiro atoms. The lowest BCUT2D eigenvalue weighted by atomic mass is 10.2. The Balaban J connectivity index is 1.32. The summed E-state index contributed by atoms with van der Waals surface area (Å²) in [7, 11) is 0. The third-order valence-corrected chi connectivity index (χ3v) is 5.26. The van der Waals surface area contributed by atoms with Crippen LogP contribution in [0.4, 0.5) is 5.13 Å². The van der Waals surface area contributed by atoms with Gasteiger partial charge in [0.2, 0.25) is 0 Å². The lowest BCUT2D eigenvalue weighted by Gasteiger charge is -2.11. The van der Waals surface area contributed by atoms with E-state index < -0.39 is 18.5 Å². The van der Waals surface area contributed by atoms with Gasteiger partial charge >= 0.3 is 5.97 Å². The van der Waals surface area contributed by atoms with Crippen LogP contribution in [0.1, 0.15) is 15.9 Å². The molecule has 0 aliphatic carbocycles. The highest BCUT2D eigenvalue weighted by molar-refractivity contribution is 7.14. The largest absolute Gasteiger partial charge is 0.488 e. The molecule has 4 aromatic rings. The van der Waals surface area contributed by atoms with E-state index >= 15 is 0 Å². The van der Waals surface area contributed by atoms with Gasteiger partial charge < -0.3 is 9.47 Å². The summed E-state index contributed by atoms with van der Waals surface area (Å²) in [4.78, 5) is 29.2. The van der Waals surface area contributed by atoms with Crippen molar-refractivity contribution in [3.05, 3.63) is 101 Å².